The van der Waals surface area contributed by atoms with Gasteiger partial charge in [0.2, 0.25) is 0 Å². The highest BCUT2D eigenvalue weighted by Gasteiger charge is 2.27. The second-order valence-corrected chi connectivity index (χ2v) is 20.7. The van der Waals surface area contributed by atoms with Crippen molar-refractivity contribution < 1.29 is 42.1 Å². The number of phosphoric acid groups is 1. The third-order valence-corrected chi connectivity index (χ3v) is 12.7. The summed E-state index contributed by atoms with van der Waals surface area (Å²) in [4.78, 5) is 35.6. The minimum absolute atomic E-state index is 0.0331. The maximum absolute atomic E-state index is 12.8. The zero-order valence-electron chi connectivity index (χ0n) is 42.1. The van der Waals surface area contributed by atoms with Gasteiger partial charge in [0.25, 0.3) is 0 Å². The normalized spacial score (nSPS) is 13.6. The Morgan fingerprint density at radius 2 is 0.857 bits per heavy atom. The molecule has 2 atom stereocenters. The standard InChI is InChI=1S/C53H102NO8P/c1-6-8-10-12-14-16-18-20-22-24-26-28-29-31-33-35-37-39-41-43-45-52(55)59-49-51(50-61-63(57,58)60-48-47-54(3,4)5)62-53(56)46-44-42-40-38-36-34-32-30-27-25-23-21-19-17-15-13-11-9-7-2/h15,17,21,23,51H,6-14,16,18-20,22,24-50H2,1-5H3/p+1/b17-15-,23-21-. The maximum atomic E-state index is 12.8. The highest BCUT2D eigenvalue weighted by Crippen LogP contribution is 2.43. The van der Waals surface area contributed by atoms with Gasteiger partial charge in [-0.25, -0.2) is 4.57 Å². The number of allylic oxidation sites excluding steroid dienone is 4. The number of carbonyl (C=O) groups is 2. The maximum Gasteiger partial charge on any atom is 0.472 e. The molecule has 372 valence electrons. The van der Waals surface area contributed by atoms with E-state index in [4.69, 9.17) is 18.5 Å². The first-order valence-corrected chi connectivity index (χ1v) is 28.1. The molecule has 10 heteroatoms. The predicted octanol–water partition coefficient (Wildman–Crippen LogP) is 15.9. The van der Waals surface area contributed by atoms with Crippen LogP contribution in [0.1, 0.15) is 251 Å². The highest BCUT2D eigenvalue weighted by atomic mass is 31.2. The van der Waals surface area contributed by atoms with Gasteiger partial charge < -0.3 is 18.9 Å². The van der Waals surface area contributed by atoms with Crippen molar-refractivity contribution >= 4 is 19.8 Å². The van der Waals surface area contributed by atoms with E-state index < -0.39 is 26.5 Å². The van der Waals surface area contributed by atoms with Gasteiger partial charge in [-0.3, -0.25) is 18.6 Å². The van der Waals surface area contributed by atoms with Gasteiger partial charge in [-0.1, -0.05) is 218 Å². The zero-order valence-corrected chi connectivity index (χ0v) is 43.0. The number of hydrogen-bond donors (Lipinski definition) is 1. The minimum Gasteiger partial charge on any atom is -0.462 e. The average Bonchev–Trinajstić information content (AvgIpc) is 3.24. The third kappa shape index (κ3) is 49.8. The van der Waals surface area contributed by atoms with Crippen molar-refractivity contribution in [2.24, 2.45) is 0 Å². The lowest BCUT2D eigenvalue weighted by molar-refractivity contribution is -0.870. The Hall–Kier alpha value is -1.51. The van der Waals surface area contributed by atoms with Crippen LogP contribution < -0.4 is 0 Å². The fraction of sp³-hybridized carbons (Fsp3) is 0.887. The van der Waals surface area contributed by atoms with Crippen LogP contribution in [0.5, 0.6) is 0 Å². The highest BCUT2D eigenvalue weighted by molar-refractivity contribution is 7.47. The van der Waals surface area contributed by atoms with Crippen LogP contribution in [0.2, 0.25) is 0 Å². The van der Waals surface area contributed by atoms with E-state index in [1.807, 2.05) is 21.1 Å². The molecule has 0 spiro atoms. The number of phosphoric ester groups is 1. The average molecular weight is 913 g/mol. The Morgan fingerprint density at radius 3 is 1.29 bits per heavy atom. The second kappa shape index (κ2) is 45.6. The molecular formula is C53H103NO8P+. The van der Waals surface area contributed by atoms with Crippen molar-refractivity contribution in [1.29, 1.82) is 0 Å². The van der Waals surface area contributed by atoms with Crippen LogP contribution in [0.15, 0.2) is 24.3 Å². The monoisotopic (exact) mass is 913 g/mol. The molecule has 0 saturated heterocycles. The van der Waals surface area contributed by atoms with Gasteiger partial charge in [-0.15, -0.1) is 0 Å². The first kappa shape index (κ1) is 61.5. The molecule has 63 heavy (non-hydrogen) atoms. The Balaban J connectivity index is 4.20. The number of quaternary nitrogens is 1. The summed E-state index contributed by atoms with van der Waals surface area (Å²) in [5, 5.41) is 0. The summed E-state index contributed by atoms with van der Waals surface area (Å²) >= 11 is 0. The van der Waals surface area contributed by atoms with Crippen LogP contribution in [0.4, 0.5) is 0 Å². The number of carbonyl (C=O) groups excluding carboxylic acids is 2. The molecule has 0 radical (unpaired) electrons. The molecule has 0 aromatic carbocycles. The van der Waals surface area contributed by atoms with Crippen molar-refractivity contribution in [3.05, 3.63) is 24.3 Å². The number of esters is 2. The first-order valence-electron chi connectivity index (χ1n) is 26.6. The Labute approximate surface area is 389 Å². The summed E-state index contributed by atoms with van der Waals surface area (Å²) in [6, 6.07) is 0. The number of rotatable bonds is 49. The molecule has 0 fully saturated rings. The molecule has 0 amide bonds. The van der Waals surface area contributed by atoms with Crippen LogP contribution in [0.3, 0.4) is 0 Å². The Kier molecular flexibility index (Phi) is 44.5. The summed E-state index contributed by atoms with van der Waals surface area (Å²) in [5.74, 6) is -0.789. The zero-order chi connectivity index (χ0) is 46.4. The second-order valence-electron chi connectivity index (χ2n) is 19.3. The Morgan fingerprint density at radius 1 is 0.492 bits per heavy atom. The molecule has 0 aromatic rings. The summed E-state index contributed by atoms with van der Waals surface area (Å²) in [5.41, 5.74) is 0. The van der Waals surface area contributed by atoms with Crippen molar-refractivity contribution in [3.63, 3.8) is 0 Å². The molecule has 0 heterocycles. The first-order chi connectivity index (χ1) is 30.5. The van der Waals surface area contributed by atoms with Crippen LogP contribution >= 0.6 is 7.82 Å². The molecule has 2 unspecified atom stereocenters. The largest absolute Gasteiger partial charge is 0.472 e. The van der Waals surface area contributed by atoms with Gasteiger partial charge in [0.15, 0.2) is 6.10 Å². The van der Waals surface area contributed by atoms with Crippen molar-refractivity contribution in [2.75, 3.05) is 47.5 Å². The predicted molar refractivity (Wildman–Crippen MR) is 266 cm³/mol. The van der Waals surface area contributed by atoms with Crippen molar-refractivity contribution in [2.45, 2.75) is 258 Å². The third-order valence-electron chi connectivity index (χ3n) is 11.7. The SMILES string of the molecule is CCCCC/C=C\C/C=C\CCCCCCCCCCCC(=O)OC(COC(=O)CCCCCCCCCCCCCCCCCCCCCC)COP(=O)(O)OCC[N+](C)(C)C. The van der Waals surface area contributed by atoms with Gasteiger partial charge >= 0.3 is 19.8 Å². The van der Waals surface area contributed by atoms with E-state index in [2.05, 4.69) is 38.2 Å². The number of hydrogen-bond acceptors (Lipinski definition) is 7. The fourth-order valence-electron chi connectivity index (χ4n) is 7.58. The van der Waals surface area contributed by atoms with Crippen LogP contribution in [-0.2, 0) is 32.7 Å². The van der Waals surface area contributed by atoms with Crippen molar-refractivity contribution in [1.82, 2.24) is 0 Å². The summed E-state index contributed by atoms with van der Waals surface area (Å²) in [6.45, 7) is 4.44. The van der Waals surface area contributed by atoms with Gasteiger partial charge in [-0.05, 0) is 44.9 Å². The lowest BCUT2D eigenvalue weighted by Crippen LogP contribution is -2.37. The molecule has 0 saturated carbocycles. The lowest BCUT2D eigenvalue weighted by Gasteiger charge is -2.24. The van der Waals surface area contributed by atoms with Crippen LogP contribution in [0, 0.1) is 0 Å². The van der Waals surface area contributed by atoms with Gasteiger partial charge in [0.05, 0.1) is 27.7 Å². The molecule has 0 aromatic heterocycles. The van der Waals surface area contributed by atoms with E-state index in [-0.39, 0.29) is 25.6 Å². The molecule has 9 nitrogen and oxygen atoms in total. The Bertz CT molecular complexity index is 1120. The summed E-state index contributed by atoms with van der Waals surface area (Å²) < 4.78 is 34.5. The summed E-state index contributed by atoms with van der Waals surface area (Å²) in [6.07, 6.45) is 52.3. The fourth-order valence-corrected chi connectivity index (χ4v) is 8.32. The van der Waals surface area contributed by atoms with E-state index in [1.54, 1.807) is 0 Å². The topological polar surface area (TPSA) is 108 Å². The van der Waals surface area contributed by atoms with Crippen molar-refractivity contribution in [3.8, 4) is 0 Å². The molecule has 0 aliphatic rings. The molecule has 0 bridgehead atoms. The molecule has 1 N–H and O–H groups in total. The summed E-state index contributed by atoms with van der Waals surface area (Å²) in [7, 11) is 1.48. The van der Waals surface area contributed by atoms with Gasteiger partial charge in [-0.2, -0.15) is 0 Å². The number of likely N-dealkylation sites (N-methyl/N-ethyl adjacent to an activating group) is 1. The number of ether oxygens (including phenoxy) is 2. The van der Waals surface area contributed by atoms with Crippen LogP contribution in [-0.4, -0.2) is 74.9 Å². The van der Waals surface area contributed by atoms with Gasteiger partial charge in [0.1, 0.15) is 19.8 Å². The quantitative estimate of drug-likeness (QED) is 0.0211. The smallest absolute Gasteiger partial charge is 0.462 e. The van der Waals surface area contributed by atoms with E-state index in [1.165, 1.54) is 173 Å². The molecule has 0 aliphatic heterocycles. The van der Waals surface area contributed by atoms with Gasteiger partial charge in [0, 0.05) is 12.8 Å². The lowest BCUT2D eigenvalue weighted by atomic mass is 10.0. The molecule has 0 aliphatic carbocycles. The van der Waals surface area contributed by atoms with E-state index in [0.717, 1.165) is 44.9 Å². The van der Waals surface area contributed by atoms with E-state index in [0.29, 0.717) is 23.9 Å². The number of unbranched alkanes of at least 4 members (excludes halogenated alkanes) is 31. The van der Waals surface area contributed by atoms with E-state index in [9.17, 15) is 19.0 Å². The molecular weight excluding hydrogens is 810 g/mol. The van der Waals surface area contributed by atoms with E-state index >= 15 is 0 Å². The van der Waals surface area contributed by atoms with Crippen LogP contribution in [0.25, 0.3) is 0 Å². The molecule has 0 rings (SSSR count). The number of nitrogens with zero attached hydrogens (tertiary/aromatic N) is 1. The minimum atomic E-state index is -4.38.